The van der Waals surface area contributed by atoms with Crippen molar-refractivity contribution in [1.82, 2.24) is 15.1 Å². The van der Waals surface area contributed by atoms with Crippen molar-refractivity contribution in [2.45, 2.75) is 45.1 Å². The molecule has 3 aliphatic heterocycles. The molecular formula is C24H37IN4O4. The monoisotopic (exact) mass is 572 g/mol. The minimum Gasteiger partial charge on any atom is -0.486 e. The molecule has 3 heterocycles. The van der Waals surface area contributed by atoms with Gasteiger partial charge in [0.15, 0.2) is 17.5 Å². The fraction of sp³-hybridized carbons (Fsp3) is 0.667. The molecule has 184 valence electrons. The highest BCUT2D eigenvalue weighted by atomic mass is 127. The first-order chi connectivity index (χ1) is 15.5. The van der Waals surface area contributed by atoms with Gasteiger partial charge in [0.1, 0.15) is 19.3 Å². The van der Waals surface area contributed by atoms with Gasteiger partial charge >= 0.3 is 0 Å². The molecule has 1 unspecified atom stereocenters. The highest BCUT2D eigenvalue weighted by Crippen LogP contribution is 2.35. The van der Waals surface area contributed by atoms with E-state index in [1.165, 1.54) is 5.56 Å². The first-order valence-corrected chi connectivity index (χ1v) is 11.8. The van der Waals surface area contributed by atoms with Crippen LogP contribution in [0.3, 0.4) is 0 Å². The minimum atomic E-state index is -0.241. The van der Waals surface area contributed by atoms with Crippen LogP contribution < -0.4 is 14.8 Å². The molecule has 9 heteroatoms. The molecule has 0 saturated carbocycles. The zero-order valence-electron chi connectivity index (χ0n) is 20.0. The number of fused-ring (bicyclic) bond motifs is 1. The number of rotatable bonds is 5. The SMILES string of the molecule is CCNC(=NCC(C)(C)c1ccc2c(c1)OCCO2)N1CCN(C(=O)C2CCCO2)CC1.I. The Morgan fingerprint density at radius 2 is 1.79 bits per heavy atom. The maximum atomic E-state index is 12.6. The first kappa shape index (κ1) is 25.9. The molecule has 0 aromatic heterocycles. The number of benzene rings is 1. The number of halogens is 1. The maximum absolute atomic E-state index is 12.6. The summed E-state index contributed by atoms with van der Waals surface area (Å²) in [4.78, 5) is 21.8. The number of amides is 1. The summed E-state index contributed by atoms with van der Waals surface area (Å²) in [6, 6.07) is 6.17. The molecule has 0 radical (unpaired) electrons. The lowest BCUT2D eigenvalue weighted by atomic mass is 9.84. The second-order valence-corrected chi connectivity index (χ2v) is 9.23. The third kappa shape index (κ3) is 6.23. The van der Waals surface area contributed by atoms with Crippen LogP contribution in [0.2, 0.25) is 0 Å². The van der Waals surface area contributed by atoms with E-state index in [4.69, 9.17) is 19.2 Å². The third-order valence-electron chi connectivity index (χ3n) is 6.38. The summed E-state index contributed by atoms with van der Waals surface area (Å²) in [6.45, 7) is 12.8. The molecule has 1 atom stereocenters. The van der Waals surface area contributed by atoms with Crippen molar-refractivity contribution in [3.63, 3.8) is 0 Å². The average Bonchev–Trinajstić information content (AvgIpc) is 3.36. The Bertz CT molecular complexity index is 834. The van der Waals surface area contributed by atoms with Crippen molar-refractivity contribution in [1.29, 1.82) is 0 Å². The summed E-state index contributed by atoms with van der Waals surface area (Å²) in [5.41, 5.74) is 1.02. The van der Waals surface area contributed by atoms with Crippen molar-refractivity contribution in [3.8, 4) is 11.5 Å². The number of nitrogens with one attached hydrogen (secondary N) is 1. The van der Waals surface area contributed by atoms with Crippen LogP contribution in [0.25, 0.3) is 0 Å². The van der Waals surface area contributed by atoms with E-state index in [1.54, 1.807) is 0 Å². The van der Waals surface area contributed by atoms with Crippen LogP contribution in [-0.4, -0.2) is 86.9 Å². The van der Waals surface area contributed by atoms with Crippen molar-refractivity contribution in [2.75, 3.05) is 59.1 Å². The van der Waals surface area contributed by atoms with Gasteiger partial charge in [0.05, 0.1) is 6.54 Å². The van der Waals surface area contributed by atoms with Crippen LogP contribution in [0, 0.1) is 0 Å². The highest BCUT2D eigenvalue weighted by molar-refractivity contribution is 14.0. The number of piperazine rings is 1. The fourth-order valence-corrected chi connectivity index (χ4v) is 4.37. The Hall–Kier alpha value is -1.75. The van der Waals surface area contributed by atoms with Gasteiger partial charge in [0, 0.05) is 44.7 Å². The second-order valence-electron chi connectivity index (χ2n) is 9.23. The number of guanidine groups is 1. The molecule has 1 aromatic carbocycles. The maximum Gasteiger partial charge on any atom is 0.251 e. The van der Waals surface area contributed by atoms with E-state index in [9.17, 15) is 4.79 Å². The smallest absolute Gasteiger partial charge is 0.251 e. The van der Waals surface area contributed by atoms with E-state index in [2.05, 4.69) is 43.1 Å². The van der Waals surface area contributed by atoms with Crippen LogP contribution in [0.4, 0.5) is 0 Å². The molecule has 1 amide bonds. The molecule has 2 saturated heterocycles. The third-order valence-corrected chi connectivity index (χ3v) is 6.38. The lowest BCUT2D eigenvalue weighted by Gasteiger charge is -2.37. The van der Waals surface area contributed by atoms with Gasteiger partial charge in [-0.2, -0.15) is 0 Å². The molecule has 0 spiro atoms. The zero-order chi connectivity index (χ0) is 22.6. The number of ether oxygens (including phenoxy) is 3. The van der Waals surface area contributed by atoms with Gasteiger partial charge in [-0.25, -0.2) is 0 Å². The molecule has 1 N–H and O–H groups in total. The van der Waals surface area contributed by atoms with E-state index in [1.807, 2.05) is 11.0 Å². The number of aliphatic imine (C=N–C) groups is 1. The second kappa shape index (κ2) is 11.6. The number of hydrogen-bond acceptors (Lipinski definition) is 5. The number of nitrogens with zero attached hydrogens (tertiary/aromatic N) is 3. The standard InChI is InChI=1S/C24H36N4O4.HI/c1-4-25-23(28-11-9-27(10-12-28)22(29)20-6-5-13-30-20)26-17-24(2,3)18-7-8-19-21(16-18)32-15-14-31-19;/h7-8,16,20H,4-6,9-15,17H2,1-3H3,(H,25,26);1H. The zero-order valence-corrected chi connectivity index (χ0v) is 22.3. The normalized spacial score (nSPS) is 20.9. The van der Waals surface area contributed by atoms with Gasteiger partial charge in [-0.1, -0.05) is 19.9 Å². The lowest BCUT2D eigenvalue weighted by Crippen LogP contribution is -2.55. The Kier molecular flexibility index (Phi) is 9.09. The summed E-state index contributed by atoms with van der Waals surface area (Å²) in [6.07, 6.45) is 1.58. The molecule has 4 rings (SSSR count). The van der Waals surface area contributed by atoms with Gasteiger partial charge in [-0.15, -0.1) is 24.0 Å². The van der Waals surface area contributed by atoms with Gasteiger partial charge < -0.3 is 29.3 Å². The van der Waals surface area contributed by atoms with E-state index < -0.39 is 0 Å². The van der Waals surface area contributed by atoms with Crippen LogP contribution >= 0.6 is 24.0 Å². The molecular weight excluding hydrogens is 535 g/mol. The highest BCUT2D eigenvalue weighted by Gasteiger charge is 2.31. The van der Waals surface area contributed by atoms with Gasteiger partial charge in [0.2, 0.25) is 0 Å². The summed E-state index contributed by atoms with van der Waals surface area (Å²) < 4.78 is 17.0. The predicted molar refractivity (Wildman–Crippen MR) is 139 cm³/mol. The van der Waals surface area contributed by atoms with Gasteiger partial charge in [0.25, 0.3) is 5.91 Å². The van der Waals surface area contributed by atoms with Crippen LogP contribution in [0.5, 0.6) is 11.5 Å². The van der Waals surface area contributed by atoms with Crippen LogP contribution in [-0.2, 0) is 14.9 Å². The molecule has 0 aliphatic carbocycles. The Morgan fingerprint density at radius 1 is 1.09 bits per heavy atom. The molecule has 1 aromatic rings. The Morgan fingerprint density at radius 3 is 2.45 bits per heavy atom. The molecule has 33 heavy (non-hydrogen) atoms. The van der Waals surface area contributed by atoms with Gasteiger partial charge in [-0.3, -0.25) is 9.79 Å². The van der Waals surface area contributed by atoms with E-state index in [0.29, 0.717) is 39.5 Å². The summed E-state index contributed by atoms with van der Waals surface area (Å²) in [5.74, 6) is 2.67. The minimum absolute atomic E-state index is 0. The van der Waals surface area contributed by atoms with Gasteiger partial charge in [-0.05, 0) is 37.5 Å². The summed E-state index contributed by atoms with van der Waals surface area (Å²) in [7, 11) is 0. The summed E-state index contributed by atoms with van der Waals surface area (Å²) in [5, 5.41) is 3.43. The molecule has 0 bridgehead atoms. The molecule has 8 nitrogen and oxygen atoms in total. The Labute approximate surface area is 214 Å². The van der Waals surface area contributed by atoms with Crippen LogP contribution in [0.15, 0.2) is 23.2 Å². The Balaban J connectivity index is 0.00000306. The number of carbonyl (C=O) groups excluding carboxylic acids is 1. The van der Waals surface area contributed by atoms with E-state index in [-0.39, 0.29) is 41.4 Å². The molecule has 3 aliphatic rings. The predicted octanol–water partition coefficient (Wildman–Crippen LogP) is 2.64. The van der Waals surface area contributed by atoms with Crippen molar-refractivity contribution in [2.24, 2.45) is 4.99 Å². The summed E-state index contributed by atoms with van der Waals surface area (Å²) >= 11 is 0. The largest absolute Gasteiger partial charge is 0.486 e. The van der Waals surface area contributed by atoms with E-state index in [0.717, 1.165) is 49.9 Å². The van der Waals surface area contributed by atoms with E-state index >= 15 is 0 Å². The topological polar surface area (TPSA) is 75.6 Å². The number of carbonyl (C=O) groups is 1. The number of hydrogen-bond donors (Lipinski definition) is 1. The van der Waals surface area contributed by atoms with Crippen molar-refractivity contribution < 1.29 is 19.0 Å². The first-order valence-electron chi connectivity index (χ1n) is 11.8. The lowest BCUT2D eigenvalue weighted by molar-refractivity contribution is -0.142. The molecule has 2 fully saturated rings. The quantitative estimate of drug-likeness (QED) is 0.333. The fourth-order valence-electron chi connectivity index (χ4n) is 4.37. The van der Waals surface area contributed by atoms with Crippen molar-refractivity contribution in [3.05, 3.63) is 23.8 Å². The average molecular weight is 572 g/mol. The van der Waals surface area contributed by atoms with Crippen molar-refractivity contribution >= 4 is 35.8 Å². The van der Waals surface area contributed by atoms with Crippen LogP contribution in [0.1, 0.15) is 39.2 Å².